The van der Waals surface area contributed by atoms with E-state index >= 15 is 0 Å². The van der Waals surface area contributed by atoms with Crippen LogP contribution in [0.3, 0.4) is 0 Å². The van der Waals surface area contributed by atoms with Crippen LogP contribution in [-0.2, 0) is 6.42 Å². The van der Waals surface area contributed by atoms with E-state index in [0.29, 0.717) is 16.0 Å². The van der Waals surface area contributed by atoms with Gasteiger partial charge in [0.2, 0.25) is 0 Å². The Morgan fingerprint density at radius 2 is 1.87 bits per heavy atom. The molecule has 1 heterocycles. The molecule has 4 heteroatoms. The molecular weight excluding hydrogens is 329 g/mol. The van der Waals surface area contributed by atoms with Crippen LogP contribution in [0.25, 0.3) is 0 Å². The van der Waals surface area contributed by atoms with Crippen molar-refractivity contribution in [3.05, 3.63) is 62.6 Å². The highest BCUT2D eigenvalue weighted by Crippen LogP contribution is 2.40. The standard InChI is InChI=1S/C19H19Cl2NO/c1-3-13-8-14(7-12(2)16(13)11-23)15-9-22(10-15)19-17(20)5-4-6-18(19)21/h4-8,11,15H,3,9-10H2,1-2H3. The minimum Gasteiger partial charge on any atom is -0.368 e. The molecule has 0 radical (unpaired) electrons. The van der Waals surface area contributed by atoms with E-state index in [1.807, 2.05) is 25.1 Å². The van der Waals surface area contributed by atoms with Crippen LogP contribution in [0.15, 0.2) is 30.3 Å². The fourth-order valence-corrected chi connectivity index (χ4v) is 3.90. The zero-order chi connectivity index (χ0) is 16.6. The van der Waals surface area contributed by atoms with Gasteiger partial charge in [-0.25, -0.2) is 0 Å². The van der Waals surface area contributed by atoms with Crippen molar-refractivity contribution in [2.24, 2.45) is 0 Å². The van der Waals surface area contributed by atoms with E-state index in [-0.39, 0.29) is 0 Å². The lowest BCUT2D eigenvalue weighted by Gasteiger charge is -2.42. The highest BCUT2D eigenvalue weighted by Gasteiger charge is 2.31. The van der Waals surface area contributed by atoms with E-state index in [1.54, 1.807) is 0 Å². The largest absolute Gasteiger partial charge is 0.368 e. The number of rotatable bonds is 4. The fraction of sp³-hybridized carbons (Fsp3) is 0.316. The molecule has 0 atom stereocenters. The summed E-state index contributed by atoms with van der Waals surface area (Å²) in [5, 5.41) is 1.38. The summed E-state index contributed by atoms with van der Waals surface area (Å²) in [6.45, 7) is 5.88. The van der Waals surface area contributed by atoms with Crippen molar-refractivity contribution in [1.82, 2.24) is 0 Å². The third kappa shape index (κ3) is 2.98. The molecule has 1 aliphatic rings. The molecular formula is C19H19Cl2NO. The normalized spacial score (nSPS) is 14.7. The molecule has 0 saturated carbocycles. The number of carbonyl (C=O) groups is 1. The summed E-state index contributed by atoms with van der Waals surface area (Å²) in [6, 6.07) is 9.91. The second kappa shape index (κ2) is 6.54. The van der Waals surface area contributed by atoms with E-state index in [9.17, 15) is 4.79 Å². The van der Waals surface area contributed by atoms with Gasteiger partial charge in [-0.1, -0.05) is 48.3 Å². The minimum absolute atomic E-state index is 0.451. The number of nitrogens with zero attached hydrogens (tertiary/aromatic N) is 1. The average Bonchev–Trinajstić information content (AvgIpc) is 2.48. The van der Waals surface area contributed by atoms with Crippen LogP contribution in [0.5, 0.6) is 0 Å². The van der Waals surface area contributed by atoms with E-state index in [4.69, 9.17) is 23.2 Å². The molecule has 3 rings (SSSR count). The van der Waals surface area contributed by atoms with Gasteiger partial charge < -0.3 is 4.90 Å². The molecule has 0 unspecified atom stereocenters. The van der Waals surface area contributed by atoms with E-state index in [0.717, 1.165) is 48.2 Å². The van der Waals surface area contributed by atoms with E-state index in [2.05, 4.69) is 24.0 Å². The number of anilines is 1. The monoisotopic (exact) mass is 347 g/mol. The van der Waals surface area contributed by atoms with Crippen molar-refractivity contribution in [2.75, 3.05) is 18.0 Å². The Labute approximate surface area is 147 Å². The summed E-state index contributed by atoms with van der Waals surface area (Å²) < 4.78 is 0. The molecule has 1 fully saturated rings. The van der Waals surface area contributed by atoms with Crippen LogP contribution < -0.4 is 4.90 Å². The summed E-state index contributed by atoms with van der Waals surface area (Å²) in [5.41, 5.74) is 5.24. The van der Waals surface area contributed by atoms with Gasteiger partial charge >= 0.3 is 0 Å². The van der Waals surface area contributed by atoms with E-state index in [1.165, 1.54) is 5.56 Å². The first kappa shape index (κ1) is 16.4. The summed E-state index contributed by atoms with van der Waals surface area (Å²) >= 11 is 12.6. The Kier molecular flexibility index (Phi) is 4.65. The summed E-state index contributed by atoms with van der Waals surface area (Å²) in [4.78, 5) is 13.5. The second-order valence-corrected chi connectivity index (χ2v) is 6.87. The molecule has 0 amide bonds. The van der Waals surface area contributed by atoms with Gasteiger partial charge in [-0.2, -0.15) is 0 Å². The van der Waals surface area contributed by atoms with E-state index < -0.39 is 0 Å². The van der Waals surface area contributed by atoms with Crippen molar-refractivity contribution >= 4 is 35.2 Å². The van der Waals surface area contributed by atoms with Crippen LogP contribution in [0.4, 0.5) is 5.69 Å². The molecule has 2 aromatic carbocycles. The maximum Gasteiger partial charge on any atom is 0.150 e. The van der Waals surface area contributed by atoms with Crippen LogP contribution in [-0.4, -0.2) is 19.4 Å². The van der Waals surface area contributed by atoms with Gasteiger partial charge in [0.05, 0.1) is 15.7 Å². The Balaban J connectivity index is 1.82. The van der Waals surface area contributed by atoms with Gasteiger partial charge in [0, 0.05) is 24.6 Å². The number of benzene rings is 2. The van der Waals surface area contributed by atoms with Gasteiger partial charge in [0.1, 0.15) is 0 Å². The summed E-state index contributed by atoms with van der Waals surface area (Å²) in [5.74, 6) is 0.451. The summed E-state index contributed by atoms with van der Waals surface area (Å²) in [6.07, 6.45) is 1.84. The van der Waals surface area contributed by atoms with Gasteiger partial charge in [0.15, 0.2) is 6.29 Å². The van der Waals surface area contributed by atoms with Crippen molar-refractivity contribution in [3.63, 3.8) is 0 Å². The predicted molar refractivity (Wildman–Crippen MR) is 97.4 cm³/mol. The zero-order valence-electron chi connectivity index (χ0n) is 13.3. The predicted octanol–water partition coefficient (Wildman–Crippen LogP) is 5.28. The lowest BCUT2D eigenvalue weighted by molar-refractivity contribution is 0.112. The van der Waals surface area contributed by atoms with Crippen molar-refractivity contribution < 1.29 is 4.79 Å². The lowest BCUT2D eigenvalue weighted by atomic mass is 9.86. The van der Waals surface area contributed by atoms with Crippen molar-refractivity contribution in [1.29, 1.82) is 0 Å². The SMILES string of the molecule is CCc1cc(C2CN(c3c(Cl)cccc3Cl)C2)cc(C)c1C=O. The third-order valence-electron chi connectivity index (χ3n) is 4.60. The molecule has 0 aromatic heterocycles. The smallest absolute Gasteiger partial charge is 0.150 e. The second-order valence-electron chi connectivity index (χ2n) is 6.05. The quantitative estimate of drug-likeness (QED) is 0.701. The van der Waals surface area contributed by atoms with Crippen molar-refractivity contribution in [3.8, 4) is 0 Å². The number of aldehydes is 1. The number of hydrogen-bond acceptors (Lipinski definition) is 2. The Morgan fingerprint density at radius 1 is 1.22 bits per heavy atom. The molecule has 2 nitrogen and oxygen atoms in total. The first-order valence-corrected chi connectivity index (χ1v) is 8.58. The van der Waals surface area contributed by atoms with Crippen LogP contribution >= 0.6 is 23.2 Å². The zero-order valence-corrected chi connectivity index (χ0v) is 14.8. The molecule has 120 valence electrons. The first-order chi connectivity index (χ1) is 11.0. The van der Waals surface area contributed by atoms with Gasteiger partial charge in [-0.3, -0.25) is 4.79 Å². The maximum absolute atomic E-state index is 11.2. The van der Waals surface area contributed by atoms with Crippen molar-refractivity contribution in [2.45, 2.75) is 26.2 Å². The Hall–Kier alpha value is -1.51. The molecule has 23 heavy (non-hydrogen) atoms. The molecule has 1 aliphatic heterocycles. The van der Waals surface area contributed by atoms with Crippen LogP contribution in [0.1, 0.15) is 39.9 Å². The summed E-state index contributed by atoms with van der Waals surface area (Å²) in [7, 11) is 0. The molecule has 2 aromatic rings. The maximum atomic E-state index is 11.2. The minimum atomic E-state index is 0.451. The lowest BCUT2D eigenvalue weighted by Crippen LogP contribution is -2.45. The van der Waals surface area contributed by atoms with Crippen LogP contribution in [0.2, 0.25) is 10.0 Å². The first-order valence-electron chi connectivity index (χ1n) is 7.82. The Morgan fingerprint density at radius 3 is 2.43 bits per heavy atom. The molecule has 1 saturated heterocycles. The molecule has 0 aliphatic carbocycles. The molecule has 0 N–H and O–H groups in total. The Bertz CT molecular complexity index is 731. The van der Waals surface area contributed by atoms with Gasteiger partial charge in [-0.15, -0.1) is 0 Å². The number of halogens is 2. The number of aryl methyl sites for hydroxylation is 2. The fourth-order valence-electron chi connectivity index (χ4n) is 3.26. The highest BCUT2D eigenvalue weighted by atomic mass is 35.5. The highest BCUT2D eigenvalue weighted by molar-refractivity contribution is 6.39. The van der Waals surface area contributed by atoms with Gasteiger partial charge in [-0.05, 0) is 42.2 Å². The molecule has 0 bridgehead atoms. The number of hydrogen-bond donors (Lipinski definition) is 0. The van der Waals surface area contributed by atoms with Crippen LogP contribution in [0, 0.1) is 6.92 Å². The third-order valence-corrected chi connectivity index (χ3v) is 5.21. The topological polar surface area (TPSA) is 20.3 Å². The average molecular weight is 348 g/mol. The number of carbonyl (C=O) groups excluding carboxylic acids is 1. The van der Waals surface area contributed by atoms with Gasteiger partial charge in [0.25, 0.3) is 0 Å². The number of para-hydroxylation sites is 1. The molecule has 0 spiro atoms.